The highest BCUT2D eigenvalue weighted by Crippen LogP contribution is 2.36. The van der Waals surface area contributed by atoms with Crippen molar-refractivity contribution in [2.75, 3.05) is 5.32 Å². The van der Waals surface area contributed by atoms with E-state index in [1.165, 1.54) is 17.4 Å². The van der Waals surface area contributed by atoms with E-state index < -0.39 is 0 Å². The molecule has 0 fully saturated rings. The summed E-state index contributed by atoms with van der Waals surface area (Å²) >= 11 is 25.6. The van der Waals surface area contributed by atoms with Gasteiger partial charge in [-0.1, -0.05) is 46.4 Å². The van der Waals surface area contributed by atoms with Gasteiger partial charge in [0.2, 0.25) is 0 Å². The number of anilines is 1. The van der Waals surface area contributed by atoms with Crippen LogP contribution in [0.3, 0.4) is 0 Å². The molecule has 2 rings (SSSR count). The van der Waals surface area contributed by atoms with Crippen LogP contribution in [0.5, 0.6) is 0 Å². The first kappa shape index (κ1) is 13.5. The predicted molar refractivity (Wildman–Crippen MR) is 76.6 cm³/mol. The van der Waals surface area contributed by atoms with Crippen molar-refractivity contribution in [3.63, 3.8) is 0 Å². The van der Waals surface area contributed by atoms with Gasteiger partial charge in [0.25, 0.3) is 5.91 Å². The number of halogens is 4. The Morgan fingerprint density at radius 3 is 2.06 bits per heavy atom. The number of amides is 1. The van der Waals surface area contributed by atoms with Crippen molar-refractivity contribution in [1.82, 2.24) is 0 Å². The summed E-state index contributed by atoms with van der Waals surface area (Å²) in [7, 11) is 0. The first-order chi connectivity index (χ1) is 7.97. The molecule has 2 heterocycles. The topological polar surface area (TPSA) is 29.1 Å². The Morgan fingerprint density at radius 1 is 1.00 bits per heavy atom. The Labute approximate surface area is 125 Å². The van der Waals surface area contributed by atoms with E-state index in [0.717, 1.165) is 11.3 Å². The summed E-state index contributed by atoms with van der Waals surface area (Å²) < 4.78 is 1.71. The summed E-state index contributed by atoms with van der Waals surface area (Å²) in [5.74, 6) is -0.366. The normalized spacial score (nSPS) is 10.6. The average molecular weight is 347 g/mol. The maximum Gasteiger partial charge on any atom is 0.258 e. The molecule has 0 bridgehead atoms. The molecule has 0 aliphatic carbocycles. The van der Waals surface area contributed by atoms with E-state index in [4.69, 9.17) is 46.4 Å². The zero-order valence-electron chi connectivity index (χ0n) is 7.89. The van der Waals surface area contributed by atoms with Gasteiger partial charge in [0.15, 0.2) is 0 Å². The number of hydrogen-bond acceptors (Lipinski definition) is 3. The highest BCUT2D eigenvalue weighted by atomic mass is 35.5. The summed E-state index contributed by atoms with van der Waals surface area (Å²) in [6.45, 7) is 0. The van der Waals surface area contributed by atoms with Crippen molar-refractivity contribution in [2.24, 2.45) is 0 Å². The van der Waals surface area contributed by atoms with E-state index in [2.05, 4.69) is 5.32 Å². The molecule has 0 aliphatic rings. The van der Waals surface area contributed by atoms with E-state index in [1.807, 2.05) is 0 Å². The lowest BCUT2D eigenvalue weighted by atomic mass is 10.3. The van der Waals surface area contributed by atoms with Crippen molar-refractivity contribution in [2.45, 2.75) is 0 Å². The van der Waals surface area contributed by atoms with Gasteiger partial charge in [0.1, 0.15) is 8.67 Å². The molecule has 0 aromatic carbocycles. The molecule has 0 aliphatic heterocycles. The van der Waals surface area contributed by atoms with Crippen molar-refractivity contribution < 1.29 is 4.79 Å². The van der Waals surface area contributed by atoms with Gasteiger partial charge in [0.05, 0.1) is 19.9 Å². The monoisotopic (exact) mass is 345 g/mol. The van der Waals surface area contributed by atoms with Crippen LogP contribution >= 0.6 is 69.1 Å². The molecular weight excluding hydrogens is 344 g/mol. The summed E-state index contributed by atoms with van der Waals surface area (Å²) in [5.41, 5.74) is 0.783. The Hall–Kier alpha value is 0.0300. The van der Waals surface area contributed by atoms with E-state index in [-0.39, 0.29) is 5.91 Å². The number of thiophene rings is 2. The van der Waals surface area contributed by atoms with Gasteiger partial charge in [-0.3, -0.25) is 4.79 Å². The molecule has 2 nitrogen and oxygen atoms in total. The van der Waals surface area contributed by atoms with Crippen molar-refractivity contribution >= 4 is 80.7 Å². The molecule has 90 valence electrons. The lowest BCUT2D eigenvalue weighted by molar-refractivity contribution is 0.102. The van der Waals surface area contributed by atoms with E-state index >= 15 is 0 Å². The van der Waals surface area contributed by atoms with Gasteiger partial charge in [-0.05, 0) is 12.1 Å². The number of carbonyl (C=O) groups is 1. The molecule has 1 amide bonds. The van der Waals surface area contributed by atoms with Gasteiger partial charge < -0.3 is 5.32 Å². The zero-order valence-corrected chi connectivity index (χ0v) is 12.5. The molecule has 0 saturated carbocycles. The third kappa shape index (κ3) is 3.08. The lowest BCUT2D eigenvalue weighted by Crippen LogP contribution is -2.10. The minimum atomic E-state index is -0.366. The molecule has 0 radical (unpaired) electrons. The minimum absolute atomic E-state index is 0.319. The molecule has 2 aromatic heterocycles. The highest BCUT2D eigenvalue weighted by Gasteiger charge is 2.16. The lowest BCUT2D eigenvalue weighted by Gasteiger charge is -2.01. The molecule has 8 heteroatoms. The summed E-state index contributed by atoms with van der Waals surface area (Å²) in [4.78, 5) is 11.9. The third-order valence-electron chi connectivity index (χ3n) is 1.81. The largest absolute Gasteiger partial charge is 0.320 e. The quantitative estimate of drug-likeness (QED) is 0.745. The predicted octanol–water partition coefficient (Wildman–Crippen LogP) is 5.68. The maximum atomic E-state index is 11.9. The Morgan fingerprint density at radius 2 is 1.59 bits per heavy atom. The Kier molecular flexibility index (Phi) is 4.23. The second kappa shape index (κ2) is 5.34. The van der Waals surface area contributed by atoms with Gasteiger partial charge in [-0.15, -0.1) is 22.7 Å². The molecule has 17 heavy (non-hydrogen) atoms. The average Bonchev–Trinajstić information content (AvgIpc) is 2.70. The molecule has 0 atom stereocenters. The van der Waals surface area contributed by atoms with Crippen LogP contribution in [0.4, 0.5) is 5.69 Å². The second-order valence-corrected chi connectivity index (χ2v) is 7.50. The SMILES string of the molecule is O=C(Nc1cc(Cl)sc1Cl)c1cc(Cl)sc1Cl. The second-order valence-electron chi connectivity index (χ2n) is 2.93. The highest BCUT2D eigenvalue weighted by molar-refractivity contribution is 7.21. The van der Waals surface area contributed by atoms with Crippen LogP contribution in [0.2, 0.25) is 17.3 Å². The van der Waals surface area contributed by atoms with Crippen LogP contribution in [-0.4, -0.2) is 5.91 Å². The first-order valence-corrected chi connectivity index (χ1v) is 7.33. The summed E-state index contributed by atoms with van der Waals surface area (Å²) in [6.07, 6.45) is 0. The smallest absolute Gasteiger partial charge is 0.258 e. The van der Waals surface area contributed by atoms with Crippen LogP contribution in [0, 0.1) is 0 Å². The summed E-state index contributed by atoms with van der Waals surface area (Å²) in [6, 6.07) is 3.08. The van der Waals surface area contributed by atoms with Gasteiger partial charge in [0, 0.05) is 0 Å². The van der Waals surface area contributed by atoms with Crippen molar-refractivity contribution in [1.29, 1.82) is 0 Å². The fraction of sp³-hybridized carbons (Fsp3) is 0. The van der Waals surface area contributed by atoms with Crippen LogP contribution in [0.1, 0.15) is 10.4 Å². The molecule has 0 spiro atoms. The standard InChI is InChI=1S/C9H3Cl4NOS2/c10-5-1-3(7(12)16-5)9(15)14-4-2-6(11)17-8(4)13/h1-2H,(H,14,15). The third-order valence-corrected chi connectivity index (χ3v) is 4.78. The molecule has 0 saturated heterocycles. The van der Waals surface area contributed by atoms with Gasteiger partial charge in [-0.25, -0.2) is 0 Å². The number of nitrogens with one attached hydrogen (secondary N) is 1. The van der Waals surface area contributed by atoms with Gasteiger partial charge in [-0.2, -0.15) is 0 Å². The van der Waals surface area contributed by atoms with E-state index in [0.29, 0.717) is 28.6 Å². The molecular formula is C9H3Cl4NOS2. The van der Waals surface area contributed by atoms with Crippen LogP contribution < -0.4 is 5.32 Å². The molecule has 0 unspecified atom stereocenters. The fourth-order valence-corrected chi connectivity index (χ4v) is 3.95. The van der Waals surface area contributed by atoms with Crippen molar-refractivity contribution in [3.8, 4) is 0 Å². The Balaban J connectivity index is 2.22. The van der Waals surface area contributed by atoms with Gasteiger partial charge >= 0.3 is 0 Å². The summed E-state index contributed by atoms with van der Waals surface area (Å²) in [5, 5.41) is 2.62. The number of rotatable bonds is 2. The molecule has 2 aromatic rings. The van der Waals surface area contributed by atoms with E-state index in [1.54, 1.807) is 6.07 Å². The zero-order chi connectivity index (χ0) is 12.6. The first-order valence-electron chi connectivity index (χ1n) is 4.18. The number of carbonyl (C=O) groups excluding carboxylic acids is 1. The van der Waals surface area contributed by atoms with Crippen LogP contribution in [0.15, 0.2) is 12.1 Å². The fourth-order valence-electron chi connectivity index (χ4n) is 1.11. The Bertz CT molecular complexity index is 578. The van der Waals surface area contributed by atoms with Crippen LogP contribution in [0.25, 0.3) is 0 Å². The maximum absolute atomic E-state index is 11.9. The minimum Gasteiger partial charge on any atom is -0.320 e. The van der Waals surface area contributed by atoms with E-state index in [9.17, 15) is 4.79 Å². The molecule has 1 N–H and O–H groups in total. The number of hydrogen-bond donors (Lipinski definition) is 1. The van der Waals surface area contributed by atoms with Crippen molar-refractivity contribution in [3.05, 3.63) is 35.0 Å². The van der Waals surface area contributed by atoms with Crippen LogP contribution in [-0.2, 0) is 0 Å².